The summed E-state index contributed by atoms with van der Waals surface area (Å²) >= 11 is 0. The number of phenols is 1. The second kappa shape index (κ2) is 13.5. The van der Waals surface area contributed by atoms with Gasteiger partial charge >= 0.3 is 0 Å². The van der Waals surface area contributed by atoms with Crippen molar-refractivity contribution in [3.8, 4) is 5.75 Å². The van der Waals surface area contributed by atoms with Crippen LogP contribution in [0, 0.1) is 6.92 Å². The Kier molecular flexibility index (Phi) is 9.80. The Morgan fingerprint density at radius 1 is 1.00 bits per heavy atom. The van der Waals surface area contributed by atoms with Crippen LogP contribution in [0.3, 0.4) is 0 Å². The number of aliphatic hydroxyl groups is 1. The number of aromatic hydroxyl groups is 1. The Labute approximate surface area is 245 Å². The summed E-state index contributed by atoms with van der Waals surface area (Å²) in [5, 5.41) is 26.8. The highest BCUT2D eigenvalue weighted by Crippen LogP contribution is 2.24. The van der Waals surface area contributed by atoms with E-state index in [0.29, 0.717) is 5.56 Å². The van der Waals surface area contributed by atoms with E-state index in [9.17, 15) is 29.0 Å². The number of aliphatic hydroxyl groups excluding tert-OH is 1. The van der Waals surface area contributed by atoms with E-state index in [2.05, 4.69) is 10.6 Å². The highest BCUT2D eigenvalue weighted by molar-refractivity contribution is 5.97. The Hall–Kier alpha value is -4.44. The molecule has 0 aromatic heterocycles. The fraction of sp³-hybridized carbons (Fsp3) is 0.344. The summed E-state index contributed by atoms with van der Waals surface area (Å²) in [6.07, 6.45) is -3.29. The minimum atomic E-state index is -1.76. The Bertz CT molecular complexity index is 1400. The molecule has 0 radical (unpaired) electrons. The van der Waals surface area contributed by atoms with E-state index in [0.717, 1.165) is 21.7 Å². The topological polar surface area (TPSA) is 122 Å². The fourth-order valence-corrected chi connectivity index (χ4v) is 5.06. The van der Waals surface area contributed by atoms with E-state index in [4.69, 9.17) is 0 Å². The first-order valence-corrected chi connectivity index (χ1v) is 13.8. The summed E-state index contributed by atoms with van der Waals surface area (Å²) in [4.78, 5) is 42.9. The van der Waals surface area contributed by atoms with Gasteiger partial charge in [-0.15, -0.1) is 0 Å². The summed E-state index contributed by atoms with van der Waals surface area (Å²) in [7, 11) is 3.85. The number of likely N-dealkylation sites (tertiary alicyclic amines) is 1. The number of hydrogen-bond donors (Lipinski definition) is 4. The van der Waals surface area contributed by atoms with Crippen molar-refractivity contribution in [1.29, 1.82) is 0 Å². The molecular weight excluding hydrogens is 539 g/mol. The zero-order chi connectivity index (χ0) is 30.4. The lowest BCUT2D eigenvalue weighted by molar-refractivity contribution is -0.146. The number of phenolic OH excluding ortho intramolecular Hbond substituents is 1. The van der Waals surface area contributed by atoms with Gasteiger partial charge in [-0.1, -0.05) is 48.5 Å². The third kappa shape index (κ3) is 7.25. The van der Waals surface area contributed by atoms with Gasteiger partial charge in [0.25, 0.3) is 11.8 Å². The SMILES string of the molecule is Cc1c(O)cccc1C(=O)N[C@@H](Cc1ccccc1)[C@H](O)C(=O)N1C[C@H](F)C[C@H]1C(=O)NCc1ccc(N(C)C)cc1. The minimum Gasteiger partial charge on any atom is -0.508 e. The number of benzene rings is 3. The number of halogens is 1. The highest BCUT2D eigenvalue weighted by Gasteiger charge is 2.43. The van der Waals surface area contributed by atoms with Crippen LogP contribution in [0.2, 0.25) is 0 Å². The van der Waals surface area contributed by atoms with Crippen molar-refractivity contribution in [3.05, 3.63) is 95.1 Å². The van der Waals surface area contributed by atoms with E-state index in [1.54, 1.807) is 31.2 Å². The molecule has 3 aromatic carbocycles. The first-order valence-electron chi connectivity index (χ1n) is 13.8. The van der Waals surface area contributed by atoms with Gasteiger partial charge in [-0.25, -0.2) is 4.39 Å². The lowest BCUT2D eigenvalue weighted by Gasteiger charge is -2.30. The number of amides is 3. The quantitative estimate of drug-likeness (QED) is 0.295. The zero-order valence-corrected chi connectivity index (χ0v) is 24.0. The van der Waals surface area contributed by atoms with Crippen molar-refractivity contribution in [3.63, 3.8) is 0 Å². The van der Waals surface area contributed by atoms with Crippen LogP contribution >= 0.6 is 0 Å². The van der Waals surface area contributed by atoms with E-state index < -0.39 is 42.1 Å². The summed E-state index contributed by atoms with van der Waals surface area (Å²) in [6.45, 7) is 1.44. The molecule has 4 atom stereocenters. The predicted octanol–water partition coefficient (Wildman–Crippen LogP) is 2.72. The molecule has 1 aliphatic rings. The Morgan fingerprint density at radius 3 is 2.36 bits per heavy atom. The number of rotatable bonds is 10. The van der Waals surface area contributed by atoms with Crippen molar-refractivity contribution in [2.45, 2.75) is 50.7 Å². The van der Waals surface area contributed by atoms with Gasteiger partial charge in [0.15, 0.2) is 6.10 Å². The molecule has 4 N–H and O–H groups in total. The lowest BCUT2D eigenvalue weighted by Crippen LogP contribution is -2.55. The maximum atomic E-state index is 14.6. The average Bonchev–Trinajstić information content (AvgIpc) is 3.38. The molecule has 10 heteroatoms. The monoisotopic (exact) mass is 576 g/mol. The summed E-state index contributed by atoms with van der Waals surface area (Å²) in [6, 6.07) is 18.9. The summed E-state index contributed by atoms with van der Waals surface area (Å²) < 4.78 is 14.6. The second-order valence-electron chi connectivity index (χ2n) is 10.8. The van der Waals surface area contributed by atoms with Crippen molar-refractivity contribution in [1.82, 2.24) is 15.5 Å². The van der Waals surface area contributed by atoms with E-state index in [-0.39, 0.29) is 37.2 Å². The molecule has 9 nitrogen and oxygen atoms in total. The van der Waals surface area contributed by atoms with Crippen LogP contribution < -0.4 is 15.5 Å². The van der Waals surface area contributed by atoms with Gasteiger partial charge in [-0.05, 0) is 48.7 Å². The first kappa shape index (κ1) is 30.5. The molecule has 0 saturated carbocycles. The van der Waals surface area contributed by atoms with Gasteiger partial charge in [-0.2, -0.15) is 0 Å². The maximum Gasteiger partial charge on any atom is 0.254 e. The van der Waals surface area contributed by atoms with Crippen LogP contribution in [0.15, 0.2) is 72.8 Å². The molecule has 1 fully saturated rings. The number of anilines is 1. The summed E-state index contributed by atoms with van der Waals surface area (Å²) in [5.74, 6) is -2.02. The molecule has 0 aliphatic carbocycles. The fourth-order valence-electron chi connectivity index (χ4n) is 5.06. The molecule has 1 saturated heterocycles. The molecule has 0 spiro atoms. The largest absolute Gasteiger partial charge is 0.508 e. The van der Waals surface area contributed by atoms with Crippen LogP contribution in [-0.4, -0.2) is 77.8 Å². The molecule has 4 rings (SSSR count). The third-order valence-electron chi connectivity index (χ3n) is 7.55. The average molecular weight is 577 g/mol. The zero-order valence-electron chi connectivity index (χ0n) is 24.0. The van der Waals surface area contributed by atoms with Gasteiger partial charge < -0.3 is 30.6 Å². The van der Waals surface area contributed by atoms with E-state index in [1.165, 1.54) is 18.2 Å². The van der Waals surface area contributed by atoms with Gasteiger partial charge in [0.2, 0.25) is 5.91 Å². The smallest absolute Gasteiger partial charge is 0.254 e. The van der Waals surface area contributed by atoms with Gasteiger partial charge in [0, 0.05) is 43.9 Å². The van der Waals surface area contributed by atoms with Crippen LogP contribution in [-0.2, 0) is 22.6 Å². The molecular formula is C32H37FN4O5. The maximum absolute atomic E-state index is 14.6. The number of alkyl halides is 1. The molecule has 3 amide bonds. The number of nitrogens with zero attached hydrogens (tertiary/aromatic N) is 2. The number of nitrogens with one attached hydrogen (secondary N) is 2. The second-order valence-corrected chi connectivity index (χ2v) is 10.8. The van der Waals surface area contributed by atoms with Crippen molar-refractivity contribution in [2.75, 3.05) is 25.5 Å². The normalized spacial score (nSPS) is 17.8. The minimum absolute atomic E-state index is 0.0626. The Morgan fingerprint density at radius 2 is 1.69 bits per heavy atom. The van der Waals surface area contributed by atoms with Crippen LogP contribution in [0.25, 0.3) is 0 Å². The molecule has 0 bridgehead atoms. The first-order chi connectivity index (χ1) is 20.0. The Balaban J connectivity index is 1.49. The number of carbonyl (C=O) groups excluding carboxylic acids is 3. The number of carbonyl (C=O) groups is 3. The molecule has 1 aliphatic heterocycles. The van der Waals surface area contributed by atoms with Crippen LogP contribution in [0.5, 0.6) is 5.75 Å². The molecule has 0 unspecified atom stereocenters. The van der Waals surface area contributed by atoms with Crippen molar-refractivity contribution >= 4 is 23.4 Å². The third-order valence-corrected chi connectivity index (χ3v) is 7.55. The van der Waals surface area contributed by atoms with Gasteiger partial charge in [0.05, 0.1) is 12.6 Å². The van der Waals surface area contributed by atoms with Crippen molar-refractivity contribution < 1.29 is 29.0 Å². The van der Waals surface area contributed by atoms with E-state index in [1.807, 2.05) is 49.3 Å². The van der Waals surface area contributed by atoms with E-state index >= 15 is 0 Å². The standard InChI is InChI=1S/C32H37FN4O5/c1-20-25(10-7-11-28(20)38)30(40)35-26(16-21-8-5-4-6-9-21)29(39)32(42)37-19-23(33)17-27(37)31(41)34-18-22-12-14-24(15-13-22)36(2)3/h4-15,23,26-27,29,38-39H,16-19H2,1-3H3,(H,34,41)(H,35,40)/t23-,26+,27+,29+/m1/s1. The van der Waals surface area contributed by atoms with Gasteiger partial charge in [0.1, 0.15) is 18.0 Å². The molecule has 1 heterocycles. The number of hydrogen-bond acceptors (Lipinski definition) is 6. The molecule has 3 aromatic rings. The lowest BCUT2D eigenvalue weighted by atomic mass is 9.98. The van der Waals surface area contributed by atoms with Gasteiger partial charge in [-0.3, -0.25) is 14.4 Å². The summed E-state index contributed by atoms with van der Waals surface area (Å²) in [5.41, 5.74) is 3.13. The molecule has 42 heavy (non-hydrogen) atoms. The van der Waals surface area contributed by atoms with Crippen molar-refractivity contribution in [2.24, 2.45) is 0 Å². The predicted molar refractivity (Wildman–Crippen MR) is 158 cm³/mol. The molecule has 222 valence electrons. The van der Waals surface area contributed by atoms with Crippen LogP contribution in [0.4, 0.5) is 10.1 Å². The highest BCUT2D eigenvalue weighted by atomic mass is 19.1. The van der Waals surface area contributed by atoms with Crippen LogP contribution in [0.1, 0.15) is 33.5 Å².